The van der Waals surface area contributed by atoms with Crippen LogP contribution in [0.25, 0.3) is 6.08 Å². The van der Waals surface area contributed by atoms with Gasteiger partial charge in [-0.25, -0.2) is 0 Å². The maximum absolute atomic E-state index is 10.2. The van der Waals surface area contributed by atoms with Crippen LogP contribution in [0.15, 0.2) is 24.3 Å². The first-order valence-electron chi connectivity index (χ1n) is 4.03. The summed E-state index contributed by atoms with van der Waals surface area (Å²) >= 11 is 5.78. The molecule has 14 heavy (non-hydrogen) atoms. The lowest BCUT2D eigenvalue weighted by Crippen LogP contribution is -1.90. The van der Waals surface area contributed by atoms with E-state index in [9.17, 15) is 4.79 Å². The minimum Gasteiger partial charge on any atom is -0.481 e. The number of nitrogen functional groups attached to an aromatic ring is 1. The summed E-state index contributed by atoms with van der Waals surface area (Å²) < 4.78 is 0. The van der Waals surface area contributed by atoms with Crippen molar-refractivity contribution in [2.24, 2.45) is 0 Å². The zero-order chi connectivity index (χ0) is 10.6. The van der Waals surface area contributed by atoms with Crippen molar-refractivity contribution in [1.82, 2.24) is 0 Å². The Morgan fingerprint density at radius 3 is 2.86 bits per heavy atom. The Balaban J connectivity index is 2.73. The average molecular weight is 212 g/mol. The first kappa shape index (κ1) is 10.6. The molecular formula is C10H10ClNO2. The molecule has 3 nitrogen and oxygen atoms in total. The molecule has 0 atom stereocenters. The molecule has 0 fully saturated rings. The van der Waals surface area contributed by atoms with Gasteiger partial charge in [-0.05, 0) is 17.7 Å². The molecule has 1 aromatic carbocycles. The number of carboxylic acids is 1. The predicted molar refractivity (Wildman–Crippen MR) is 57.2 cm³/mol. The molecule has 0 saturated carbocycles. The third-order valence-corrected chi connectivity index (χ3v) is 1.95. The highest BCUT2D eigenvalue weighted by Crippen LogP contribution is 2.20. The largest absolute Gasteiger partial charge is 0.481 e. The van der Waals surface area contributed by atoms with E-state index in [1.165, 1.54) is 0 Å². The number of benzene rings is 1. The van der Waals surface area contributed by atoms with Crippen molar-refractivity contribution in [3.8, 4) is 0 Å². The van der Waals surface area contributed by atoms with Crippen molar-refractivity contribution in [2.75, 3.05) is 5.73 Å². The van der Waals surface area contributed by atoms with Crippen LogP contribution in [0.3, 0.4) is 0 Å². The minimum atomic E-state index is -0.859. The van der Waals surface area contributed by atoms with Crippen LogP contribution < -0.4 is 5.73 Å². The van der Waals surface area contributed by atoms with Crippen LogP contribution in [0.1, 0.15) is 12.0 Å². The van der Waals surface area contributed by atoms with Crippen molar-refractivity contribution in [3.05, 3.63) is 34.9 Å². The van der Waals surface area contributed by atoms with Gasteiger partial charge in [-0.3, -0.25) is 4.79 Å². The molecule has 0 unspecified atom stereocenters. The summed E-state index contributed by atoms with van der Waals surface area (Å²) in [6, 6.07) is 5.15. The Bertz CT molecular complexity index is 374. The summed E-state index contributed by atoms with van der Waals surface area (Å²) in [4.78, 5) is 10.2. The molecule has 0 aliphatic carbocycles. The second kappa shape index (κ2) is 4.67. The zero-order valence-corrected chi connectivity index (χ0v) is 8.16. The number of hydrogen-bond donors (Lipinski definition) is 2. The van der Waals surface area contributed by atoms with Crippen LogP contribution in [0.5, 0.6) is 0 Å². The third kappa shape index (κ3) is 3.11. The predicted octanol–water partition coefficient (Wildman–Crippen LogP) is 2.41. The molecular weight excluding hydrogens is 202 g/mol. The molecule has 0 bridgehead atoms. The number of aliphatic carboxylic acids is 1. The molecule has 0 amide bonds. The van der Waals surface area contributed by atoms with E-state index in [0.717, 1.165) is 5.56 Å². The van der Waals surface area contributed by atoms with Gasteiger partial charge in [-0.15, -0.1) is 0 Å². The van der Waals surface area contributed by atoms with Gasteiger partial charge in [0.2, 0.25) is 0 Å². The Labute approximate surface area is 86.8 Å². The number of hydrogen-bond acceptors (Lipinski definition) is 2. The van der Waals surface area contributed by atoms with Gasteiger partial charge >= 0.3 is 5.97 Å². The SMILES string of the molecule is Nc1ccc(C=CCC(=O)O)cc1Cl. The molecule has 0 aliphatic rings. The fraction of sp³-hybridized carbons (Fsp3) is 0.100. The summed E-state index contributed by atoms with van der Waals surface area (Å²) in [5.41, 5.74) is 6.87. The highest BCUT2D eigenvalue weighted by molar-refractivity contribution is 6.33. The molecule has 0 spiro atoms. The first-order chi connectivity index (χ1) is 6.59. The number of rotatable bonds is 3. The molecule has 0 saturated heterocycles. The van der Waals surface area contributed by atoms with E-state index >= 15 is 0 Å². The lowest BCUT2D eigenvalue weighted by atomic mass is 10.2. The highest BCUT2D eigenvalue weighted by atomic mass is 35.5. The number of nitrogens with two attached hydrogens (primary N) is 1. The third-order valence-electron chi connectivity index (χ3n) is 1.63. The number of carboxylic acid groups (broad SMARTS) is 1. The molecule has 0 heterocycles. The van der Waals surface area contributed by atoms with Crippen LogP contribution in [-0.4, -0.2) is 11.1 Å². The second-order valence-electron chi connectivity index (χ2n) is 2.78. The van der Waals surface area contributed by atoms with Gasteiger partial charge in [0.1, 0.15) is 0 Å². The fourth-order valence-electron chi connectivity index (χ4n) is 0.943. The molecule has 0 aliphatic heterocycles. The van der Waals surface area contributed by atoms with E-state index in [2.05, 4.69) is 0 Å². The van der Waals surface area contributed by atoms with Crippen molar-refractivity contribution in [1.29, 1.82) is 0 Å². The average Bonchev–Trinajstić information content (AvgIpc) is 2.10. The number of anilines is 1. The molecule has 4 heteroatoms. The van der Waals surface area contributed by atoms with Crippen LogP contribution in [0, 0.1) is 0 Å². The quantitative estimate of drug-likeness (QED) is 0.755. The smallest absolute Gasteiger partial charge is 0.307 e. The van der Waals surface area contributed by atoms with Gasteiger partial charge in [0.15, 0.2) is 0 Å². The van der Waals surface area contributed by atoms with E-state index in [0.29, 0.717) is 10.7 Å². The molecule has 0 aromatic heterocycles. The van der Waals surface area contributed by atoms with Crippen LogP contribution >= 0.6 is 11.6 Å². The summed E-state index contributed by atoms with van der Waals surface area (Å²) in [5.74, 6) is -0.859. The summed E-state index contributed by atoms with van der Waals surface area (Å²) in [5, 5.41) is 8.87. The van der Waals surface area contributed by atoms with Crippen LogP contribution in [0.4, 0.5) is 5.69 Å². The Kier molecular flexibility index (Phi) is 3.54. The molecule has 74 valence electrons. The standard InChI is InChI=1S/C10H10ClNO2/c11-8-6-7(4-5-9(8)12)2-1-3-10(13)14/h1-2,4-6H,3,12H2,(H,13,14). The van der Waals surface area contributed by atoms with Crippen LogP contribution in [-0.2, 0) is 4.79 Å². The summed E-state index contributed by atoms with van der Waals surface area (Å²) in [6.07, 6.45) is 3.26. The maximum Gasteiger partial charge on any atom is 0.307 e. The van der Waals surface area contributed by atoms with Gasteiger partial charge < -0.3 is 10.8 Å². The Morgan fingerprint density at radius 1 is 1.57 bits per heavy atom. The zero-order valence-electron chi connectivity index (χ0n) is 7.40. The Morgan fingerprint density at radius 2 is 2.29 bits per heavy atom. The molecule has 0 radical (unpaired) electrons. The van der Waals surface area contributed by atoms with E-state index in [1.54, 1.807) is 30.4 Å². The van der Waals surface area contributed by atoms with Gasteiger partial charge in [-0.1, -0.05) is 29.8 Å². The number of carbonyl (C=O) groups is 1. The topological polar surface area (TPSA) is 63.3 Å². The van der Waals surface area contributed by atoms with Gasteiger partial charge in [0.25, 0.3) is 0 Å². The van der Waals surface area contributed by atoms with Crippen molar-refractivity contribution >= 4 is 29.3 Å². The first-order valence-corrected chi connectivity index (χ1v) is 4.41. The minimum absolute atomic E-state index is 0.00198. The van der Waals surface area contributed by atoms with Crippen molar-refractivity contribution in [2.45, 2.75) is 6.42 Å². The highest BCUT2D eigenvalue weighted by Gasteiger charge is 1.95. The maximum atomic E-state index is 10.2. The van der Waals surface area contributed by atoms with E-state index in [4.69, 9.17) is 22.4 Å². The lowest BCUT2D eigenvalue weighted by molar-refractivity contribution is -0.135. The second-order valence-corrected chi connectivity index (χ2v) is 3.19. The van der Waals surface area contributed by atoms with E-state index in [-0.39, 0.29) is 6.42 Å². The summed E-state index contributed by atoms with van der Waals surface area (Å²) in [7, 11) is 0. The fourth-order valence-corrected chi connectivity index (χ4v) is 1.13. The Hall–Kier alpha value is -1.48. The number of halogens is 1. The van der Waals surface area contributed by atoms with Gasteiger partial charge in [-0.2, -0.15) is 0 Å². The van der Waals surface area contributed by atoms with Crippen molar-refractivity contribution < 1.29 is 9.90 Å². The lowest BCUT2D eigenvalue weighted by Gasteiger charge is -1.98. The molecule has 3 N–H and O–H groups in total. The van der Waals surface area contributed by atoms with Gasteiger partial charge in [0, 0.05) is 0 Å². The van der Waals surface area contributed by atoms with Crippen LogP contribution in [0.2, 0.25) is 5.02 Å². The summed E-state index contributed by atoms with van der Waals surface area (Å²) in [6.45, 7) is 0. The monoisotopic (exact) mass is 211 g/mol. The van der Waals surface area contributed by atoms with E-state index in [1.807, 2.05) is 0 Å². The normalized spacial score (nSPS) is 10.6. The van der Waals surface area contributed by atoms with E-state index < -0.39 is 5.97 Å². The molecule has 1 aromatic rings. The van der Waals surface area contributed by atoms with Crippen molar-refractivity contribution in [3.63, 3.8) is 0 Å². The van der Waals surface area contributed by atoms with Gasteiger partial charge in [0.05, 0.1) is 17.1 Å². The molecule has 1 rings (SSSR count).